The van der Waals surface area contributed by atoms with Crippen molar-refractivity contribution >= 4 is 33.6 Å². The molecule has 3 heterocycles. The fourth-order valence-corrected chi connectivity index (χ4v) is 3.68. The van der Waals surface area contributed by atoms with Crippen molar-refractivity contribution in [2.45, 2.75) is 12.8 Å². The Hall–Kier alpha value is -3.28. The maximum absolute atomic E-state index is 6.11. The van der Waals surface area contributed by atoms with Gasteiger partial charge in [-0.3, -0.25) is 0 Å². The molecule has 0 amide bonds. The third kappa shape index (κ3) is 1.91. The van der Waals surface area contributed by atoms with Crippen molar-refractivity contribution in [3.8, 4) is 16.9 Å². The van der Waals surface area contributed by atoms with Gasteiger partial charge in [0.05, 0.1) is 23.8 Å². The number of nitrogen functional groups attached to an aromatic ring is 2. The number of ether oxygens (including phenoxy) is 1. The predicted octanol–water partition coefficient (Wildman–Crippen LogP) is 3.70. The lowest BCUT2D eigenvalue weighted by Gasteiger charge is -2.14. The molecule has 25 heavy (non-hydrogen) atoms. The molecule has 0 spiro atoms. The van der Waals surface area contributed by atoms with Crippen molar-refractivity contribution in [2.24, 2.45) is 0 Å². The highest BCUT2D eigenvalue weighted by Gasteiger charge is 2.29. The number of nitrogens with zero attached hydrogens (tertiary/aromatic N) is 2. The minimum Gasteiger partial charge on any atom is -0.492 e. The van der Waals surface area contributed by atoms with Crippen LogP contribution in [0.5, 0.6) is 5.75 Å². The van der Waals surface area contributed by atoms with Crippen molar-refractivity contribution in [1.29, 1.82) is 0 Å². The summed E-state index contributed by atoms with van der Waals surface area (Å²) in [6.07, 6.45) is 1.70. The summed E-state index contributed by atoms with van der Waals surface area (Å²) >= 11 is 0. The normalized spacial score (nSPS) is 16.3. The minimum atomic E-state index is 0.151. The van der Waals surface area contributed by atoms with Crippen LogP contribution in [0.1, 0.15) is 18.4 Å². The van der Waals surface area contributed by atoms with E-state index < -0.39 is 0 Å². The molecule has 6 nitrogen and oxygen atoms in total. The quantitative estimate of drug-likeness (QED) is 0.551. The second kappa shape index (κ2) is 4.86. The third-order valence-corrected chi connectivity index (χ3v) is 4.76. The molecule has 0 saturated carbocycles. The summed E-state index contributed by atoms with van der Waals surface area (Å²) in [5, 5.41) is 1.78. The van der Waals surface area contributed by atoms with Crippen molar-refractivity contribution in [2.75, 3.05) is 18.1 Å². The molecule has 0 aliphatic carbocycles. The van der Waals surface area contributed by atoms with E-state index in [4.69, 9.17) is 20.6 Å². The van der Waals surface area contributed by atoms with Crippen LogP contribution in [0.3, 0.4) is 0 Å². The summed E-state index contributed by atoms with van der Waals surface area (Å²) in [6.45, 7) is 2.73. The van der Waals surface area contributed by atoms with Gasteiger partial charge in [-0.1, -0.05) is 25.1 Å². The number of fused-ring (bicyclic) bond motifs is 4. The molecule has 2 aromatic heterocycles. The first kappa shape index (κ1) is 14.1. The van der Waals surface area contributed by atoms with E-state index in [2.05, 4.69) is 16.9 Å². The molecule has 0 radical (unpaired) electrons. The Balaban J connectivity index is 1.94. The van der Waals surface area contributed by atoms with E-state index in [0.29, 0.717) is 17.9 Å². The van der Waals surface area contributed by atoms with E-state index in [1.165, 1.54) is 0 Å². The van der Waals surface area contributed by atoms with Crippen LogP contribution < -0.4 is 16.2 Å². The number of rotatable bonds is 1. The highest BCUT2D eigenvalue weighted by molar-refractivity contribution is 6.03. The van der Waals surface area contributed by atoms with Gasteiger partial charge in [-0.05, 0) is 17.7 Å². The number of hydrogen-bond donors (Lipinski definition) is 2. The molecule has 2 aromatic carbocycles. The molecular weight excluding hydrogens is 316 g/mol. The van der Waals surface area contributed by atoms with E-state index in [9.17, 15) is 0 Å². The maximum Gasteiger partial charge on any atom is 0.222 e. The Morgan fingerprint density at radius 3 is 2.88 bits per heavy atom. The van der Waals surface area contributed by atoms with E-state index in [1.54, 1.807) is 6.26 Å². The molecule has 5 rings (SSSR count). The van der Waals surface area contributed by atoms with Gasteiger partial charge in [0.15, 0.2) is 0 Å². The van der Waals surface area contributed by atoms with Gasteiger partial charge in [-0.15, -0.1) is 0 Å². The van der Waals surface area contributed by atoms with E-state index in [0.717, 1.165) is 38.8 Å². The Bertz CT molecular complexity index is 1150. The lowest BCUT2D eigenvalue weighted by molar-refractivity contribution is 0.340. The number of anilines is 2. The van der Waals surface area contributed by atoms with E-state index in [-0.39, 0.29) is 11.9 Å². The fourth-order valence-electron chi connectivity index (χ4n) is 3.68. The molecular formula is C19H16N4O2. The second-order valence-electron chi connectivity index (χ2n) is 6.38. The van der Waals surface area contributed by atoms with Gasteiger partial charge >= 0.3 is 0 Å². The third-order valence-electron chi connectivity index (χ3n) is 4.76. The highest BCUT2D eigenvalue weighted by Crippen LogP contribution is 2.48. The molecule has 124 valence electrons. The van der Waals surface area contributed by atoms with Crippen LogP contribution in [0, 0.1) is 0 Å². The molecule has 0 saturated heterocycles. The van der Waals surface area contributed by atoms with Crippen LogP contribution in [-0.2, 0) is 0 Å². The summed E-state index contributed by atoms with van der Waals surface area (Å²) < 4.78 is 11.7. The first-order valence-corrected chi connectivity index (χ1v) is 8.12. The number of hydrogen-bond acceptors (Lipinski definition) is 6. The van der Waals surface area contributed by atoms with Crippen LogP contribution in [0.4, 0.5) is 11.8 Å². The smallest absolute Gasteiger partial charge is 0.222 e. The van der Waals surface area contributed by atoms with Crippen LogP contribution in [0.25, 0.3) is 33.0 Å². The molecule has 1 atom stereocenters. The number of benzene rings is 2. The van der Waals surface area contributed by atoms with Crippen molar-refractivity contribution in [3.05, 3.63) is 42.2 Å². The number of nitrogens with two attached hydrogens (primary N) is 2. The SMILES string of the molecule is CC1COc2c1c(-c1cccc3ccoc13)cc1nc(N)nc(N)c21. The molecule has 6 heteroatoms. The van der Waals surface area contributed by atoms with Gasteiger partial charge in [-0.2, -0.15) is 4.98 Å². The van der Waals surface area contributed by atoms with E-state index >= 15 is 0 Å². The molecule has 0 fully saturated rings. The molecule has 1 aliphatic rings. The van der Waals surface area contributed by atoms with Gasteiger partial charge in [0.25, 0.3) is 0 Å². The highest BCUT2D eigenvalue weighted by atomic mass is 16.5. The summed E-state index contributed by atoms with van der Waals surface area (Å²) in [5.74, 6) is 1.48. The lowest BCUT2D eigenvalue weighted by Crippen LogP contribution is -2.02. The van der Waals surface area contributed by atoms with Crippen molar-refractivity contribution in [1.82, 2.24) is 9.97 Å². The van der Waals surface area contributed by atoms with E-state index in [1.807, 2.05) is 30.3 Å². The Labute approximate surface area is 143 Å². The van der Waals surface area contributed by atoms with Crippen molar-refractivity contribution in [3.63, 3.8) is 0 Å². The molecule has 1 aliphatic heterocycles. The van der Waals surface area contributed by atoms with Gasteiger partial charge in [0.1, 0.15) is 17.2 Å². The van der Waals surface area contributed by atoms with Crippen LogP contribution >= 0.6 is 0 Å². The molecule has 4 N–H and O–H groups in total. The Kier molecular flexibility index (Phi) is 2.74. The van der Waals surface area contributed by atoms with Crippen LogP contribution in [-0.4, -0.2) is 16.6 Å². The lowest BCUT2D eigenvalue weighted by atomic mass is 9.90. The first-order chi connectivity index (χ1) is 12.1. The summed E-state index contributed by atoms with van der Waals surface area (Å²) in [7, 11) is 0. The number of para-hydroxylation sites is 1. The van der Waals surface area contributed by atoms with Gasteiger partial charge in [-0.25, -0.2) is 4.98 Å². The zero-order chi connectivity index (χ0) is 17.1. The van der Waals surface area contributed by atoms with Crippen LogP contribution in [0.15, 0.2) is 41.0 Å². The van der Waals surface area contributed by atoms with Crippen LogP contribution in [0.2, 0.25) is 0 Å². The van der Waals surface area contributed by atoms with Gasteiger partial charge < -0.3 is 20.6 Å². The zero-order valence-corrected chi connectivity index (χ0v) is 13.6. The fraction of sp³-hybridized carbons (Fsp3) is 0.158. The number of aromatic nitrogens is 2. The first-order valence-electron chi connectivity index (χ1n) is 8.12. The summed E-state index contributed by atoms with van der Waals surface area (Å²) in [5.41, 5.74) is 16.6. The predicted molar refractivity (Wildman–Crippen MR) is 97.5 cm³/mol. The maximum atomic E-state index is 6.11. The average molecular weight is 332 g/mol. The second-order valence-corrected chi connectivity index (χ2v) is 6.38. The monoisotopic (exact) mass is 332 g/mol. The average Bonchev–Trinajstić information content (AvgIpc) is 3.20. The largest absolute Gasteiger partial charge is 0.492 e. The summed E-state index contributed by atoms with van der Waals surface area (Å²) in [4.78, 5) is 8.46. The Morgan fingerprint density at radius 2 is 2.00 bits per heavy atom. The van der Waals surface area contributed by atoms with Gasteiger partial charge in [0.2, 0.25) is 5.95 Å². The Morgan fingerprint density at radius 1 is 1.12 bits per heavy atom. The summed E-state index contributed by atoms with van der Waals surface area (Å²) in [6, 6.07) is 10.1. The number of furan rings is 1. The standard InChI is InChI=1S/C19H16N4O2/c1-9-8-25-17-14(9)12(7-13-15(17)18(20)23-19(21)22-13)11-4-2-3-10-5-6-24-16(10)11/h2-7,9H,8H2,1H3,(H4,20,21,22,23). The zero-order valence-electron chi connectivity index (χ0n) is 13.6. The minimum absolute atomic E-state index is 0.151. The van der Waals surface area contributed by atoms with Gasteiger partial charge in [0, 0.05) is 22.4 Å². The topological polar surface area (TPSA) is 100 Å². The molecule has 1 unspecified atom stereocenters. The molecule has 4 aromatic rings. The molecule has 0 bridgehead atoms. The van der Waals surface area contributed by atoms with Crippen molar-refractivity contribution < 1.29 is 9.15 Å².